The predicted octanol–water partition coefficient (Wildman–Crippen LogP) is 3.58. The highest BCUT2D eigenvalue weighted by molar-refractivity contribution is 9.10. The van der Waals surface area contributed by atoms with Crippen molar-refractivity contribution in [2.45, 2.75) is 43.8 Å². The molecule has 2 unspecified atom stereocenters. The average molecular weight is 374 g/mol. The van der Waals surface area contributed by atoms with Crippen LogP contribution in [-0.2, 0) is 21.6 Å². The molecule has 2 rings (SSSR count). The summed E-state index contributed by atoms with van der Waals surface area (Å²) in [5, 5.41) is 9.48. The van der Waals surface area contributed by atoms with Gasteiger partial charge in [0.15, 0.2) is 0 Å². The van der Waals surface area contributed by atoms with E-state index in [1.165, 1.54) is 12.8 Å². The van der Waals surface area contributed by atoms with E-state index in [1.807, 2.05) is 0 Å². The highest BCUT2D eigenvalue weighted by Crippen LogP contribution is 2.35. The summed E-state index contributed by atoms with van der Waals surface area (Å²) in [6.07, 6.45) is 5.26. The number of benzene rings is 1. The topological polar surface area (TPSA) is 77.4 Å². The molecule has 4 nitrogen and oxygen atoms in total. The van der Waals surface area contributed by atoms with E-state index in [0.717, 1.165) is 18.4 Å². The largest absolute Gasteiger partial charge is 0.772 e. The van der Waals surface area contributed by atoms with Gasteiger partial charge in [0.05, 0.1) is 5.92 Å². The number of hydrogen-bond donors (Lipinski definition) is 1. The summed E-state index contributed by atoms with van der Waals surface area (Å²) in [7, 11) is 0. The monoisotopic (exact) mass is 373 g/mol. The molecule has 0 aliphatic heterocycles. The number of hydrogen-bond acceptors (Lipinski definition) is 3. The first-order chi connectivity index (χ1) is 9.97. The lowest BCUT2D eigenvalue weighted by Gasteiger charge is -2.18. The van der Waals surface area contributed by atoms with Crippen LogP contribution < -0.4 is 0 Å². The van der Waals surface area contributed by atoms with Crippen molar-refractivity contribution in [1.29, 1.82) is 0 Å². The standard InChI is InChI=1S/C15H19BrO4S/c16-14-8-11(5-6-12(14)9-21(19)20)13(15(17)18)7-10-3-1-2-4-10/h5-6,8,10,13H,1-4,7,9H2,(H,17,18)(H,19,20)/p-1. The Hall–Kier alpha value is -0.720. The Balaban J connectivity index is 2.17. The van der Waals surface area contributed by atoms with Gasteiger partial charge in [-0.05, 0) is 29.5 Å². The number of rotatable bonds is 6. The summed E-state index contributed by atoms with van der Waals surface area (Å²) in [6, 6.07) is 5.18. The van der Waals surface area contributed by atoms with Gasteiger partial charge in [-0.3, -0.25) is 9.00 Å². The zero-order valence-electron chi connectivity index (χ0n) is 11.6. The Bertz CT molecular complexity index is 540. The minimum absolute atomic E-state index is 0.0682. The van der Waals surface area contributed by atoms with Crippen LogP contribution in [-0.4, -0.2) is 19.8 Å². The van der Waals surface area contributed by atoms with Gasteiger partial charge in [0.2, 0.25) is 0 Å². The summed E-state index contributed by atoms with van der Waals surface area (Å²) < 4.78 is 22.2. The second kappa shape index (κ2) is 7.51. The molecule has 1 aliphatic carbocycles. The van der Waals surface area contributed by atoms with Crippen LogP contribution in [0.1, 0.15) is 49.1 Å². The maximum Gasteiger partial charge on any atom is 0.310 e. The minimum Gasteiger partial charge on any atom is -0.772 e. The van der Waals surface area contributed by atoms with Crippen LogP contribution in [0, 0.1) is 5.92 Å². The second-order valence-corrected chi connectivity index (χ2v) is 7.33. The van der Waals surface area contributed by atoms with E-state index in [-0.39, 0.29) is 5.75 Å². The Labute approximate surface area is 135 Å². The number of carbonyl (C=O) groups is 1. The van der Waals surface area contributed by atoms with Gasteiger partial charge in [-0.2, -0.15) is 0 Å². The minimum atomic E-state index is -2.15. The maximum atomic E-state index is 11.5. The van der Waals surface area contributed by atoms with Crippen molar-refractivity contribution in [1.82, 2.24) is 0 Å². The van der Waals surface area contributed by atoms with Gasteiger partial charge in [-0.15, -0.1) is 0 Å². The molecule has 1 aromatic carbocycles. The first-order valence-electron chi connectivity index (χ1n) is 7.04. The molecule has 0 aromatic heterocycles. The van der Waals surface area contributed by atoms with Crippen molar-refractivity contribution in [3.8, 4) is 0 Å². The zero-order chi connectivity index (χ0) is 15.4. The average Bonchev–Trinajstić information content (AvgIpc) is 2.90. The number of carboxylic acid groups (broad SMARTS) is 1. The number of carboxylic acids is 1. The smallest absolute Gasteiger partial charge is 0.310 e. The lowest BCUT2D eigenvalue weighted by molar-refractivity contribution is -0.139. The number of aliphatic carboxylic acids is 1. The molecule has 0 spiro atoms. The first-order valence-corrected chi connectivity index (χ1v) is 9.08. The molecule has 116 valence electrons. The number of halogens is 1. The lowest BCUT2D eigenvalue weighted by atomic mass is 9.87. The van der Waals surface area contributed by atoms with E-state index < -0.39 is 23.0 Å². The van der Waals surface area contributed by atoms with E-state index in [0.29, 0.717) is 22.4 Å². The van der Waals surface area contributed by atoms with Gasteiger partial charge in [0.25, 0.3) is 0 Å². The first kappa shape index (κ1) is 16.6. The van der Waals surface area contributed by atoms with Crippen molar-refractivity contribution >= 4 is 33.0 Å². The van der Waals surface area contributed by atoms with Crippen LogP contribution in [0.15, 0.2) is 22.7 Å². The fourth-order valence-electron chi connectivity index (χ4n) is 2.98. The van der Waals surface area contributed by atoms with Crippen LogP contribution in [0.5, 0.6) is 0 Å². The maximum absolute atomic E-state index is 11.5. The van der Waals surface area contributed by atoms with Gasteiger partial charge in [-0.25, -0.2) is 0 Å². The van der Waals surface area contributed by atoms with E-state index in [2.05, 4.69) is 15.9 Å². The quantitative estimate of drug-likeness (QED) is 0.773. The molecule has 21 heavy (non-hydrogen) atoms. The summed E-state index contributed by atoms with van der Waals surface area (Å²) >= 11 is 1.19. The van der Waals surface area contributed by atoms with E-state index in [4.69, 9.17) is 0 Å². The molecule has 1 N–H and O–H groups in total. The Kier molecular flexibility index (Phi) is 5.96. The lowest BCUT2D eigenvalue weighted by Crippen LogP contribution is -2.15. The third-order valence-corrected chi connectivity index (χ3v) is 5.38. The highest BCUT2D eigenvalue weighted by atomic mass is 79.9. The Morgan fingerprint density at radius 3 is 2.62 bits per heavy atom. The highest BCUT2D eigenvalue weighted by Gasteiger charge is 2.26. The van der Waals surface area contributed by atoms with Crippen LogP contribution in [0.25, 0.3) is 0 Å². The van der Waals surface area contributed by atoms with Gasteiger partial charge < -0.3 is 9.66 Å². The Morgan fingerprint density at radius 1 is 1.43 bits per heavy atom. The van der Waals surface area contributed by atoms with Gasteiger partial charge in [0, 0.05) is 10.2 Å². The molecule has 1 saturated carbocycles. The molecule has 6 heteroatoms. The summed E-state index contributed by atoms with van der Waals surface area (Å²) in [4.78, 5) is 11.5. The molecule has 1 aliphatic rings. The zero-order valence-corrected chi connectivity index (χ0v) is 14.0. The molecule has 1 aromatic rings. The van der Waals surface area contributed by atoms with Crippen LogP contribution in [0.3, 0.4) is 0 Å². The molecule has 0 amide bonds. The van der Waals surface area contributed by atoms with Gasteiger partial charge in [-0.1, -0.05) is 64.8 Å². The van der Waals surface area contributed by atoms with Crippen LogP contribution in [0.2, 0.25) is 0 Å². The molecule has 0 bridgehead atoms. The molecular formula is C15H18BrO4S-. The third kappa shape index (κ3) is 4.63. The van der Waals surface area contributed by atoms with E-state index in [1.54, 1.807) is 18.2 Å². The fraction of sp³-hybridized carbons (Fsp3) is 0.533. The molecule has 0 radical (unpaired) electrons. The van der Waals surface area contributed by atoms with Crippen molar-refractivity contribution in [2.75, 3.05) is 0 Å². The molecule has 1 fully saturated rings. The second-order valence-electron chi connectivity index (χ2n) is 5.58. The van der Waals surface area contributed by atoms with Crippen molar-refractivity contribution < 1.29 is 18.7 Å². The molecule has 0 heterocycles. The van der Waals surface area contributed by atoms with Crippen molar-refractivity contribution in [3.63, 3.8) is 0 Å². The van der Waals surface area contributed by atoms with Crippen molar-refractivity contribution in [3.05, 3.63) is 33.8 Å². The third-order valence-electron chi connectivity index (χ3n) is 4.09. The van der Waals surface area contributed by atoms with Gasteiger partial charge >= 0.3 is 5.97 Å². The van der Waals surface area contributed by atoms with E-state index in [9.17, 15) is 18.7 Å². The van der Waals surface area contributed by atoms with Crippen LogP contribution >= 0.6 is 15.9 Å². The SMILES string of the molecule is O=C(O)C(CC1CCCC1)c1ccc(CS(=O)[O-])c(Br)c1. The van der Waals surface area contributed by atoms with E-state index >= 15 is 0 Å². The normalized spacial score (nSPS) is 18.6. The molecule has 2 atom stereocenters. The van der Waals surface area contributed by atoms with Gasteiger partial charge in [0.1, 0.15) is 0 Å². The predicted molar refractivity (Wildman–Crippen MR) is 83.7 cm³/mol. The summed E-state index contributed by atoms with van der Waals surface area (Å²) in [5.41, 5.74) is 1.39. The Morgan fingerprint density at radius 2 is 2.10 bits per heavy atom. The van der Waals surface area contributed by atoms with Crippen molar-refractivity contribution in [2.24, 2.45) is 5.92 Å². The summed E-state index contributed by atoms with van der Waals surface area (Å²) in [5.74, 6) is -0.912. The van der Waals surface area contributed by atoms with Crippen LogP contribution in [0.4, 0.5) is 0 Å². The molecular weight excluding hydrogens is 356 g/mol. The summed E-state index contributed by atoms with van der Waals surface area (Å²) in [6.45, 7) is 0. The molecule has 0 saturated heterocycles. The fourth-order valence-corrected chi connectivity index (χ4v) is 4.21.